The summed E-state index contributed by atoms with van der Waals surface area (Å²) in [6, 6.07) is 3.25. The van der Waals surface area contributed by atoms with E-state index in [1.165, 1.54) is 6.20 Å². The molecule has 0 aromatic carbocycles. The molecule has 0 bridgehead atoms. The number of rotatable bonds is 3. The fourth-order valence-electron chi connectivity index (χ4n) is 1.03. The van der Waals surface area contributed by atoms with Gasteiger partial charge in [0.05, 0.1) is 0 Å². The van der Waals surface area contributed by atoms with Gasteiger partial charge >= 0.3 is 5.82 Å². The first-order chi connectivity index (χ1) is 7.65. The lowest BCUT2D eigenvalue weighted by Gasteiger charge is -2.35. The topological polar surface area (TPSA) is 65.3 Å². The first-order valence-electron chi connectivity index (χ1n) is 5.43. The van der Waals surface area contributed by atoms with Crippen molar-refractivity contribution in [3.8, 4) is 5.75 Å². The maximum Gasteiger partial charge on any atom is 0.404 e. The van der Waals surface area contributed by atoms with E-state index in [-0.39, 0.29) is 16.6 Å². The molecule has 0 aliphatic rings. The van der Waals surface area contributed by atoms with Crippen molar-refractivity contribution in [2.24, 2.45) is 0 Å². The summed E-state index contributed by atoms with van der Waals surface area (Å²) in [4.78, 5) is 14.1. The van der Waals surface area contributed by atoms with E-state index in [1.807, 2.05) is 13.1 Å². The molecule has 0 amide bonds. The van der Waals surface area contributed by atoms with Gasteiger partial charge in [-0.1, -0.05) is 20.8 Å². The summed E-state index contributed by atoms with van der Waals surface area (Å²) in [6.07, 6.45) is 1.40. The van der Waals surface area contributed by atoms with Crippen LogP contribution >= 0.6 is 0 Å². The molecule has 1 aromatic heterocycles. The van der Waals surface area contributed by atoms with Crippen LogP contribution in [0.5, 0.6) is 5.75 Å². The van der Waals surface area contributed by atoms with Gasteiger partial charge in [0.1, 0.15) is 6.20 Å². The Bertz CT molecular complexity index is 427. The van der Waals surface area contributed by atoms with Crippen LogP contribution < -0.4 is 4.43 Å². The minimum Gasteiger partial charge on any atom is -0.538 e. The third-order valence-electron chi connectivity index (χ3n) is 3.10. The van der Waals surface area contributed by atoms with E-state index in [9.17, 15) is 10.1 Å². The van der Waals surface area contributed by atoms with Crippen LogP contribution in [0.1, 0.15) is 20.8 Å². The van der Waals surface area contributed by atoms with Crippen molar-refractivity contribution in [2.45, 2.75) is 38.9 Å². The standard InChI is InChI=1S/C11H18N2O3Si/c1-11(2,3)17(4,5)16-9-7-6-8-12-10(9)13(14)15/h6-8H,1-5H3. The van der Waals surface area contributed by atoms with E-state index in [0.717, 1.165) is 0 Å². The molecule has 0 N–H and O–H groups in total. The second-order valence-corrected chi connectivity index (χ2v) is 10.2. The lowest BCUT2D eigenvalue weighted by molar-refractivity contribution is -0.390. The maximum atomic E-state index is 10.8. The highest BCUT2D eigenvalue weighted by Gasteiger charge is 2.40. The number of pyridine rings is 1. The Balaban J connectivity index is 3.08. The minimum absolute atomic E-state index is 0.00326. The normalized spacial score (nSPS) is 12.3. The van der Waals surface area contributed by atoms with E-state index >= 15 is 0 Å². The van der Waals surface area contributed by atoms with Crippen molar-refractivity contribution >= 4 is 14.1 Å². The number of hydrogen-bond donors (Lipinski definition) is 0. The zero-order chi connectivity index (χ0) is 13.3. The molecular formula is C11H18N2O3Si. The Morgan fingerprint density at radius 3 is 2.47 bits per heavy atom. The summed E-state index contributed by atoms with van der Waals surface area (Å²) in [6.45, 7) is 10.3. The third-order valence-corrected chi connectivity index (χ3v) is 7.44. The lowest BCUT2D eigenvalue weighted by atomic mass is 10.2. The van der Waals surface area contributed by atoms with Gasteiger partial charge in [0.2, 0.25) is 5.75 Å². The van der Waals surface area contributed by atoms with E-state index < -0.39 is 13.2 Å². The van der Waals surface area contributed by atoms with Crippen LogP contribution in [-0.2, 0) is 0 Å². The summed E-state index contributed by atoms with van der Waals surface area (Å²) < 4.78 is 5.89. The minimum atomic E-state index is -2.07. The van der Waals surface area contributed by atoms with Crippen LogP contribution in [-0.4, -0.2) is 18.2 Å². The zero-order valence-electron chi connectivity index (χ0n) is 10.9. The highest BCUT2D eigenvalue weighted by Crippen LogP contribution is 2.38. The fraction of sp³-hybridized carbons (Fsp3) is 0.545. The Morgan fingerprint density at radius 2 is 2.00 bits per heavy atom. The van der Waals surface area contributed by atoms with Crippen molar-refractivity contribution in [1.82, 2.24) is 4.98 Å². The van der Waals surface area contributed by atoms with Crippen molar-refractivity contribution < 1.29 is 9.35 Å². The van der Waals surface area contributed by atoms with Crippen molar-refractivity contribution in [2.75, 3.05) is 0 Å². The van der Waals surface area contributed by atoms with Gasteiger partial charge < -0.3 is 14.5 Å². The first-order valence-corrected chi connectivity index (χ1v) is 8.34. The molecule has 0 fully saturated rings. The zero-order valence-corrected chi connectivity index (χ0v) is 11.9. The Hall–Kier alpha value is -1.43. The summed E-state index contributed by atoms with van der Waals surface area (Å²) in [5, 5.41) is 10.8. The molecule has 1 rings (SSSR count). The molecule has 0 aliphatic heterocycles. The molecule has 1 aromatic rings. The van der Waals surface area contributed by atoms with Crippen LogP contribution in [0.2, 0.25) is 18.1 Å². The molecule has 0 atom stereocenters. The van der Waals surface area contributed by atoms with Crippen LogP contribution in [0, 0.1) is 10.1 Å². The van der Waals surface area contributed by atoms with Gasteiger partial charge in [0.15, 0.2) is 0 Å². The van der Waals surface area contributed by atoms with Crippen LogP contribution in [0.3, 0.4) is 0 Å². The molecule has 94 valence electrons. The highest BCUT2D eigenvalue weighted by molar-refractivity contribution is 6.74. The Kier molecular flexibility index (Phi) is 3.56. The molecule has 0 radical (unpaired) electrons. The summed E-state index contributed by atoms with van der Waals surface area (Å²) in [7, 11) is -2.07. The summed E-state index contributed by atoms with van der Waals surface area (Å²) >= 11 is 0. The van der Waals surface area contributed by atoms with Gasteiger partial charge in [-0.3, -0.25) is 0 Å². The van der Waals surface area contributed by atoms with Gasteiger partial charge in [-0.15, -0.1) is 0 Å². The number of nitro groups is 1. The Labute approximate surface area is 102 Å². The van der Waals surface area contributed by atoms with Crippen LogP contribution in [0.15, 0.2) is 18.3 Å². The van der Waals surface area contributed by atoms with E-state index in [2.05, 4.69) is 25.8 Å². The van der Waals surface area contributed by atoms with E-state index in [0.29, 0.717) is 0 Å². The molecular weight excluding hydrogens is 236 g/mol. The number of nitrogens with zero attached hydrogens (tertiary/aromatic N) is 2. The molecule has 6 heteroatoms. The monoisotopic (exact) mass is 254 g/mol. The van der Waals surface area contributed by atoms with Gasteiger partial charge in [-0.25, -0.2) is 0 Å². The summed E-state index contributed by atoms with van der Waals surface area (Å²) in [5.74, 6) is 0.0569. The molecule has 0 saturated heterocycles. The van der Waals surface area contributed by atoms with E-state index in [1.54, 1.807) is 12.1 Å². The number of hydrogen-bond acceptors (Lipinski definition) is 4. The Morgan fingerprint density at radius 1 is 1.41 bits per heavy atom. The van der Waals surface area contributed by atoms with Crippen molar-refractivity contribution in [3.05, 3.63) is 28.4 Å². The summed E-state index contributed by atoms with van der Waals surface area (Å²) in [5.41, 5.74) is 0. The predicted octanol–water partition coefficient (Wildman–Crippen LogP) is 3.37. The maximum absolute atomic E-state index is 10.8. The van der Waals surface area contributed by atoms with Gasteiger partial charge in [-0.2, -0.15) is 0 Å². The largest absolute Gasteiger partial charge is 0.538 e. The average Bonchev–Trinajstić information content (AvgIpc) is 2.15. The third kappa shape index (κ3) is 3.03. The predicted molar refractivity (Wildman–Crippen MR) is 68.7 cm³/mol. The van der Waals surface area contributed by atoms with Crippen LogP contribution in [0.25, 0.3) is 0 Å². The lowest BCUT2D eigenvalue weighted by Crippen LogP contribution is -2.44. The average molecular weight is 254 g/mol. The van der Waals surface area contributed by atoms with Gasteiger partial charge in [-0.05, 0) is 40.2 Å². The molecule has 0 aliphatic carbocycles. The molecule has 0 spiro atoms. The van der Waals surface area contributed by atoms with Gasteiger partial charge in [0, 0.05) is 0 Å². The second kappa shape index (κ2) is 4.44. The SMILES string of the molecule is CC(C)(C)[Si](C)(C)Oc1cccnc1[N+](=O)[O-]. The molecule has 0 saturated carbocycles. The highest BCUT2D eigenvalue weighted by atomic mass is 28.4. The fourth-order valence-corrected chi connectivity index (χ4v) is 2.04. The van der Waals surface area contributed by atoms with Crippen molar-refractivity contribution in [3.63, 3.8) is 0 Å². The number of aromatic nitrogens is 1. The van der Waals surface area contributed by atoms with E-state index in [4.69, 9.17) is 4.43 Å². The molecule has 17 heavy (non-hydrogen) atoms. The first kappa shape index (κ1) is 13.6. The van der Waals surface area contributed by atoms with Gasteiger partial charge in [0.25, 0.3) is 8.32 Å². The molecule has 5 nitrogen and oxygen atoms in total. The van der Waals surface area contributed by atoms with Crippen molar-refractivity contribution in [1.29, 1.82) is 0 Å². The molecule has 1 heterocycles. The smallest absolute Gasteiger partial charge is 0.404 e. The molecule has 0 unspecified atom stereocenters. The van der Waals surface area contributed by atoms with Crippen LogP contribution in [0.4, 0.5) is 5.82 Å². The quantitative estimate of drug-likeness (QED) is 0.471. The second-order valence-electron chi connectivity index (χ2n) is 5.44.